The maximum Gasteiger partial charge on any atom is 0.319 e. The van der Waals surface area contributed by atoms with Gasteiger partial charge in [0.05, 0.1) is 6.23 Å². The molecule has 0 heterocycles. The van der Waals surface area contributed by atoms with E-state index in [-0.39, 0.29) is 5.97 Å². The van der Waals surface area contributed by atoms with Gasteiger partial charge in [-0.15, -0.1) is 0 Å². The fourth-order valence-corrected chi connectivity index (χ4v) is 2.39. The van der Waals surface area contributed by atoms with Gasteiger partial charge >= 0.3 is 5.97 Å². The van der Waals surface area contributed by atoms with E-state index in [1.807, 2.05) is 19.9 Å². The first-order valence-corrected chi connectivity index (χ1v) is 7.12. The van der Waals surface area contributed by atoms with Crippen molar-refractivity contribution in [2.45, 2.75) is 33.2 Å². The molecule has 14 heavy (non-hydrogen) atoms. The van der Waals surface area contributed by atoms with E-state index in [9.17, 15) is 4.79 Å². The minimum Gasteiger partial charge on any atom is -0.516 e. The van der Waals surface area contributed by atoms with Gasteiger partial charge in [-0.2, -0.15) is 0 Å². The lowest BCUT2D eigenvalue weighted by atomic mass is 10.2. The number of rotatable bonds is 6. The minimum absolute atomic E-state index is 0.178. The molecule has 1 atom stereocenters. The van der Waals surface area contributed by atoms with Crippen molar-refractivity contribution in [2.24, 2.45) is 0 Å². The van der Waals surface area contributed by atoms with Crippen LogP contribution < -0.4 is 0 Å². The molecule has 0 aliphatic carbocycles. The average molecular weight is 216 g/mol. The van der Waals surface area contributed by atoms with Crippen LogP contribution in [0.2, 0.25) is 6.04 Å². The Kier molecular flexibility index (Phi) is 7.42. The van der Waals surface area contributed by atoms with Crippen molar-refractivity contribution in [3.8, 4) is 0 Å². The molecule has 0 N–H and O–H groups in total. The van der Waals surface area contributed by atoms with E-state index < -0.39 is 9.04 Å². The van der Waals surface area contributed by atoms with Gasteiger partial charge in [-0.25, -0.2) is 4.79 Å². The third kappa shape index (κ3) is 5.19. The van der Waals surface area contributed by atoms with Crippen LogP contribution in [0, 0.1) is 0 Å². The second kappa shape index (κ2) is 7.76. The van der Waals surface area contributed by atoms with Gasteiger partial charge in [-0.3, -0.25) is 0 Å². The molecule has 0 rings (SSSR count). The summed E-state index contributed by atoms with van der Waals surface area (Å²) in [7, 11) is 0.173. The summed E-state index contributed by atoms with van der Waals surface area (Å²) in [5, 5.41) is 0. The molecule has 0 bridgehead atoms. The van der Waals surface area contributed by atoms with Crippen LogP contribution in [0.15, 0.2) is 11.6 Å². The topological polar surface area (TPSA) is 35.5 Å². The van der Waals surface area contributed by atoms with Crippen LogP contribution in [-0.4, -0.2) is 28.3 Å². The van der Waals surface area contributed by atoms with Crippen LogP contribution in [0.3, 0.4) is 0 Å². The summed E-state index contributed by atoms with van der Waals surface area (Å²) in [5.41, 5.74) is 0.703. The van der Waals surface area contributed by atoms with E-state index in [0.29, 0.717) is 11.8 Å². The van der Waals surface area contributed by atoms with Crippen LogP contribution in [0.1, 0.15) is 27.2 Å². The first-order valence-electron chi connectivity index (χ1n) is 5.02. The first-order chi connectivity index (χ1) is 6.65. The fraction of sp³-hybridized carbons (Fsp3) is 0.700. The van der Waals surface area contributed by atoms with Crippen molar-refractivity contribution in [3.63, 3.8) is 0 Å². The second-order valence-corrected chi connectivity index (χ2v) is 5.82. The second-order valence-electron chi connectivity index (χ2n) is 3.19. The van der Waals surface area contributed by atoms with Gasteiger partial charge < -0.3 is 9.16 Å². The number of allylic oxidation sites excluding steroid dienone is 1. The highest BCUT2D eigenvalue weighted by Gasteiger charge is 2.15. The summed E-state index contributed by atoms with van der Waals surface area (Å²) < 4.78 is 10.4. The van der Waals surface area contributed by atoms with E-state index >= 15 is 0 Å². The monoisotopic (exact) mass is 216 g/mol. The number of hydrogen-bond donors (Lipinski definition) is 0. The van der Waals surface area contributed by atoms with Gasteiger partial charge in [0.1, 0.15) is 0 Å². The Morgan fingerprint density at radius 2 is 2.07 bits per heavy atom. The van der Waals surface area contributed by atoms with Crippen LogP contribution in [0.25, 0.3) is 0 Å². The van der Waals surface area contributed by atoms with E-state index in [0.717, 1.165) is 12.5 Å². The highest BCUT2D eigenvalue weighted by atomic mass is 28.3. The standard InChI is InChI=1S/C10H20O3Si/c1-5-7-9(3)10(11)13-14(6-2)8-12-4/h7,14H,5-6,8H2,1-4H3. The SMILES string of the molecule is CCC=C(C)C(=O)O[SiH](CC)COC. The van der Waals surface area contributed by atoms with Gasteiger partial charge in [0.15, 0.2) is 0 Å². The molecule has 82 valence electrons. The van der Waals surface area contributed by atoms with E-state index in [1.54, 1.807) is 14.0 Å². The summed E-state index contributed by atoms with van der Waals surface area (Å²) in [5.74, 6) is -0.178. The van der Waals surface area contributed by atoms with Crippen molar-refractivity contribution in [1.29, 1.82) is 0 Å². The molecule has 0 aromatic rings. The molecule has 0 aliphatic heterocycles. The number of carbonyl (C=O) groups is 1. The molecular weight excluding hydrogens is 196 g/mol. The molecule has 0 saturated heterocycles. The minimum atomic E-state index is -1.46. The third-order valence-corrected chi connectivity index (χ3v) is 4.08. The van der Waals surface area contributed by atoms with Gasteiger partial charge in [0.25, 0.3) is 9.04 Å². The smallest absolute Gasteiger partial charge is 0.319 e. The molecule has 3 nitrogen and oxygen atoms in total. The predicted octanol–water partition coefficient (Wildman–Crippen LogP) is 1.82. The normalized spacial score (nSPS) is 13.9. The molecule has 0 saturated carbocycles. The van der Waals surface area contributed by atoms with Crippen LogP contribution in [0.5, 0.6) is 0 Å². The largest absolute Gasteiger partial charge is 0.516 e. The van der Waals surface area contributed by atoms with Gasteiger partial charge in [0.2, 0.25) is 0 Å². The van der Waals surface area contributed by atoms with Gasteiger partial charge in [0, 0.05) is 12.7 Å². The molecular formula is C10H20O3Si. The summed E-state index contributed by atoms with van der Waals surface area (Å²) in [6.45, 7) is 5.82. The Labute approximate surface area is 87.8 Å². The Morgan fingerprint density at radius 3 is 2.50 bits per heavy atom. The van der Waals surface area contributed by atoms with E-state index in [2.05, 4.69) is 0 Å². The molecule has 4 heteroatoms. The predicted molar refractivity (Wildman–Crippen MR) is 59.6 cm³/mol. The number of ether oxygens (including phenoxy) is 1. The van der Waals surface area contributed by atoms with Crippen molar-refractivity contribution >= 4 is 15.0 Å². The lowest BCUT2D eigenvalue weighted by Gasteiger charge is -2.13. The molecule has 0 aromatic heterocycles. The zero-order valence-electron chi connectivity index (χ0n) is 9.50. The molecule has 0 spiro atoms. The van der Waals surface area contributed by atoms with Crippen molar-refractivity contribution in [2.75, 3.05) is 13.3 Å². The zero-order chi connectivity index (χ0) is 11.0. The highest BCUT2D eigenvalue weighted by Crippen LogP contribution is 2.03. The maximum absolute atomic E-state index is 11.5. The summed E-state index contributed by atoms with van der Waals surface area (Å²) >= 11 is 0. The molecule has 0 amide bonds. The quantitative estimate of drug-likeness (QED) is 0.502. The van der Waals surface area contributed by atoms with Gasteiger partial charge in [-0.05, 0) is 19.4 Å². The molecule has 0 radical (unpaired) electrons. The Morgan fingerprint density at radius 1 is 1.43 bits per heavy atom. The van der Waals surface area contributed by atoms with E-state index in [4.69, 9.17) is 9.16 Å². The van der Waals surface area contributed by atoms with Crippen molar-refractivity contribution in [1.82, 2.24) is 0 Å². The lowest BCUT2D eigenvalue weighted by molar-refractivity contribution is -0.130. The fourth-order valence-electron chi connectivity index (χ4n) is 1.05. The van der Waals surface area contributed by atoms with Crippen molar-refractivity contribution < 1.29 is 14.0 Å². The molecule has 0 aromatic carbocycles. The first kappa shape index (κ1) is 13.4. The Balaban J connectivity index is 4.08. The van der Waals surface area contributed by atoms with Crippen LogP contribution in [-0.2, 0) is 14.0 Å². The zero-order valence-corrected chi connectivity index (χ0v) is 10.7. The maximum atomic E-state index is 11.5. The number of methoxy groups -OCH3 is 1. The number of hydrogen-bond acceptors (Lipinski definition) is 3. The summed E-state index contributed by atoms with van der Waals surface area (Å²) in [4.78, 5) is 11.5. The Hall–Kier alpha value is -0.613. The van der Waals surface area contributed by atoms with Crippen LogP contribution in [0.4, 0.5) is 0 Å². The van der Waals surface area contributed by atoms with Crippen molar-refractivity contribution in [3.05, 3.63) is 11.6 Å². The number of carbonyl (C=O) groups excluding carboxylic acids is 1. The average Bonchev–Trinajstić information content (AvgIpc) is 2.17. The van der Waals surface area contributed by atoms with E-state index in [1.165, 1.54) is 0 Å². The highest BCUT2D eigenvalue weighted by molar-refractivity contribution is 6.53. The lowest BCUT2D eigenvalue weighted by Crippen LogP contribution is -2.27. The third-order valence-electron chi connectivity index (χ3n) is 1.91. The van der Waals surface area contributed by atoms with Crippen LogP contribution >= 0.6 is 0 Å². The van der Waals surface area contributed by atoms with Gasteiger partial charge in [-0.1, -0.05) is 19.9 Å². The molecule has 1 unspecified atom stereocenters. The molecule has 0 fully saturated rings. The summed E-state index contributed by atoms with van der Waals surface area (Å²) in [6, 6.07) is 0.916. The molecule has 0 aliphatic rings. The summed E-state index contributed by atoms with van der Waals surface area (Å²) in [6.07, 6.45) is 3.35. The Bertz CT molecular complexity index is 202.